The minimum atomic E-state index is -3.78. The summed E-state index contributed by atoms with van der Waals surface area (Å²) in [6, 6.07) is 9.04. The number of rotatable bonds is 5. The minimum Gasteiger partial charge on any atom is -0.322 e. The molecule has 0 bridgehead atoms. The summed E-state index contributed by atoms with van der Waals surface area (Å²) in [7, 11) is -3.78. The Morgan fingerprint density at radius 1 is 1.24 bits per heavy atom. The number of hydrogen-bond acceptors (Lipinski definition) is 3. The number of nitrogens with one attached hydrogen (secondary N) is 1. The van der Waals surface area contributed by atoms with Gasteiger partial charge in [0, 0.05) is 0 Å². The van der Waals surface area contributed by atoms with Gasteiger partial charge in [0.1, 0.15) is 12.4 Å². The molecule has 0 aliphatic rings. The van der Waals surface area contributed by atoms with E-state index in [-0.39, 0.29) is 16.4 Å². The van der Waals surface area contributed by atoms with Crippen molar-refractivity contribution in [2.45, 2.75) is 13.8 Å². The van der Waals surface area contributed by atoms with E-state index in [0.717, 1.165) is 16.1 Å². The van der Waals surface area contributed by atoms with Gasteiger partial charge in [0.15, 0.2) is 0 Å². The van der Waals surface area contributed by atoms with Gasteiger partial charge in [0.05, 0.1) is 22.7 Å². The molecule has 0 saturated carbocycles. The lowest BCUT2D eigenvalue weighted by molar-refractivity contribution is -0.114. The molecule has 2 rings (SSSR count). The fourth-order valence-corrected chi connectivity index (χ4v) is 3.87. The predicted octanol–water partition coefficient (Wildman–Crippen LogP) is 3.50. The lowest BCUT2D eigenvalue weighted by Gasteiger charge is -2.25. The molecule has 0 aliphatic heterocycles. The van der Waals surface area contributed by atoms with E-state index < -0.39 is 28.3 Å². The molecule has 0 spiro atoms. The molecular weight excluding hydrogens is 367 g/mol. The van der Waals surface area contributed by atoms with Crippen molar-refractivity contribution < 1.29 is 17.6 Å². The molecule has 2 aromatic carbocycles. The van der Waals surface area contributed by atoms with Crippen LogP contribution in [0, 0.1) is 19.7 Å². The van der Waals surface area contributed by atoms with E-state index in [2.05, 4.69) is 5.32 Å². The fourth-order valence-electron chi connectivity index (χ4n) is 2.47. The number of halogens is 2. The molecule has 0 saturated heterocycles. The Morgan fingerprint density at radius 3 is 2.44 bits per heavy atom. The molecule has 8 heteroatoms. The van der Waals surface area contributed by atoms with E-state index in [4.69, 9.17) is 11.6 Å². The maximum absolute atomic E-state index is 13.6. The van der Waals surface area contributed by atoms with Crippen LogP contribution >= 0.6 is 11.6 Å². The Morgan fingerprint density at radius 2 is 1.88 bits per heavy atom. The van der Waals surface area contributed by atoms with Gasteiger partial charge in [-0.2, -0.15) is 0 Å². The SMILES string of the molecule is Cc1cc(C)c(N(CC(=O)Nc2ccccc2F)S(C)(=O)=O)c(Cl)c1. The standard InChI is InChI=1S/C17H18ClFN2O3S/c1-11-8-12(2)17(13(18)9-11)21(25(3,23)24)10-16(22)20-15-7-5-4-6-14(15)19/h4-9H,10H2,1-3H3,(H,20,22). The molecule has 0 aromatic heterocycles. The van der Waals surface area contributed by atoms with Crippen LogP contribution in [-0.2, 0) is 14.8 Å². The lowest BCUT2D eigenvalue weighted by atomic mass is 10.1. The van der Waals surface area contributed by atoms with Crippen molar-refractivity contribution in [3.05, 3.63) is 58.4 Å². The smallest absolute Gasteiger partial charge is 0.245 e. The number of carbonyl (C=O) groups excluding carboxylic acids is 1. The molecule has 0 radical (unpaired) electrons. The maximum atomic E-state index is 13.6. The van der Waals surface area contributed by atoms with Crippen molar-refractivity contribution in [2.24, 2.45) is 0 Å². The van der Waals surface area contributed by atoms with Gasteiger partial charge in [0.25, 0.3) is 0 Å². The van der Waals surface area contributed by atoms with Crippen LogP contribution in [0.2, 0.25) is 5.02 Å². The minimum absolute atomic E-state index is 0.0207. The predicted molar refractivity (Wildman–Crippen MR) is 98.1 cm³/mol. The quantitative estimate of drug-likeness (QED) is 0.857. The Hall–Kier alpha value is -2.12. The van der Waals surface area contributed by atoms with Crippen LogP contribution in [0.15, 0.2) is 36.4 Å². The third kappa shape index (κ3) is 4.70. The zero-order valence-corrected chi connectivity index (χ0v) is 15.6. The van der Waals surface area contributed by atoms with Gasteiger partial charge in [-0.25, -0.2) is 12.8 Å². The van der Waals surface area contributed by atoms with Crippen LogP contribution < -0.4 is 9.62 Å². The van der Waals surface area contributed by atoms with Crippen molar-refractivity contribution in [1.82, 2.24) is 0 Å². The van der Waals surface area contributed by atoms with Gasteiger partial charge in [-0.15, -0.1) is 0 Å². The first-order valence-electron chi connectivity index (χ1n) is 7.38. The summed E-state index contributed by atoms with van der Waals surface area (Å²) in [5.74, 6) is -1.28. The largest absolute Gasteiger partial charge is 0.322 e. The molecule has 0 heterocycles. The Bertz CT molecular complexity index is 893. The van der Waals surface area contributed by atoms with Crippen molar-refractivity contribution in [3.8, 4) is 0 Å². The molecule has 0 aliphatic carbocycles. The molecule has 5 nitrogen and oxygen atoms in total. The second-order valence-electron chi connectivity index (χ2n) is 5.71. The van der Waals surface area contributed by atoms with Crippen LogP contribution in [0.1, 0.15) is 11.1 Å². The summed E-state index contributed by atoms with van der Waals surface area (Å²) in [6.07, 6.45) is 0.985. The second kappa shape index (κ2) is 7.41. The number of sulfonamides is 1. The normalized spacial score (nSPS) is 11.2. The Labute approximate surface area is 151 Å². The first-order valence-corrected chi connectivity index (χ1v) is 9.61. The Balaban J connectivity index is 2.35. The van der Waals surface area contributed by atoms with Crippen LogP contribution in [0.3, 0.4) is 0 Å². The van der Waals surface area contributed by atoms with E-state index in [0.29, 0.717) is 5.56 Å². The molecular formula is C17H18ClFN2O3S. The highest BCUT2D eigenvalue weighted by molar-refractivity contribution is 7.92. The summed E-state index contributed by atoms with van der Waals surface area (Å²) in [5, 5.41) is 2.59. The zero-order valence-electron chi connectivity index (χ0n) is 14.0. The highest BCUT2D eigenvalue weighted by atomic mass is 35.5. The average Bonchev–Trinajstić information content (AvgIpc) is 2.46. The van der Waals surface area contributed by atoms with E-state index >= 15 is 0 Å². The summed E-state index contributed by atoms with van der Waals surface area (Å²) in [4.78, 5) is 12.3. The van der Waals surface area contributed by atoms with Gasteiger partial charge in [-0.3, -0.25) is 9.10 Å². The summed E-state index contributed by atoms with van der Waals surface area (Å²) in [5.41, 5.74) is 1.70. The average molecular weight is 385 g/mol. The van der Waals surface area contributed by atoms with E-state index in [1.54, 1.807) is 25.1 Å². The van der Waals surface area contributed by atoms with Crippen molar-refractivity contribution >= 4 is 38.9 Å². The monoisotopic (exact) mass is 384 g/mol. The van der Waals surface area contributed by atoms with Gasteiger partial charge in [0.2, 0.25) is 15.9 Å². The number of aryl methyl sites for hydroxylation is 2. The second-order valence-corrected chi connectivity index (χ2v) is 8.02. The molecule has 134 valence electrons. The number of benzene rings is 2. The van der Waals surface area contributed by atoms with E-state index in [1.807, 2.05) is 6.92 Å². The molecule has 0 fully saturated rings. The molecule has 0 unspecified atom stereocenters. The molecule has 1 N–H and O–H groups in total. The molecule has 1 amide bonds. The third-order valence-electron chi connectivity index (χ3n) is 3.48. The van der Waals surface area contributed by atoms with E-state index in [9.17, 15) is 17.6 Å². The highest BCUT2D eigenvalue weighted by Crippen LogP contribution is 2.32. The van der Waals surface area contributed by atoms with Gasteiger partial charge >= 0.3 is 0 Å². The van der Waals surface area contributed by atoms with E-state index in [1.165, 1.54) is 18.2 Å². The first-order chi connectivity index (χ1) is 11.6. The van der Waals surface area contributed by atoms with Gasteiger partial charge in [-0.1, -0.05) is 29.8 Å². The maximum Gasteiger partial charge on any atom is 0.245 e. The lowest BCUT2D eigenvalue weighted by Crippen LogP contribution is -2.38. The third-order valence-corrected chi connectivity index (χ3v) is 4.88. The first kappa shape index (κ1) is 19.2. The number of carbonyl (C=O) groups is 1. The van der Waals surface area contributed by atoms with Crippen LogP contribution in [0.5, 0.6) is 0 Å². The number of nitrogens with zero attached hydrogens (tertiary/aromatic N) is 1. The topological polar surface area (TPSA) is 66.5 Å². The summed E-state index contributed by atoms with van der Waals surface area (Å²) < 4.78 is 38.9. The highest BCUT2D eigenvalue weighted by Gasteiger charge is 2.25. The number of para-hydroxylation sites is 1. The van der Waals surface area contributed by atoms with Gasteiger partial charge < -0.3 is 5.32 Å². The Kier molecular flexibility index (Phi) is 5.69. The van der Waals surface area contributed by atoms with Crippen molar-refractivity contribution in [3.63, 3.8) is 0 Å². The number of hydrogen-bond donors (Lipinski definition) is 1. The van der Waals surface area contributed by atoms with Gasteiger partial charge in [-0.05, 0) is 43.2 Å². The fraction of sp³-hybridized carbons (Fsp3) is 0.235. The molecule has 25 heavy (non-hydrogen) atoms. The summed E-state index contributed by atoms with van der Waals surface area (Å²) in [6.45, 7) is 3.02. The number of anilines is 2. The zero-order chi connectivity index (χ0) is 18.8. The number of amides is 1. The molecule has 2 aromatic rings. The van der Waals surface area contributed by atoms with Crippen LogP contribution in [-0.4, -0.2) is 27.1 Å². The van der Waals surface area contributed by atoms with Crippen LogP contribution in [0.25, 0.3) is 0 Å². The van der Waals surface area contributed by atoms with Crippen LogP contribution in [0.4, 0.5) is 15.8 Å². The summed E-state index contributed by atoms with van der Waals surface area (Å²) >= 11 is 6.21. The van der Waals surface area contributed by atoms with Crippen molar-refractivity contribution in [2.75, 3.05) is 22.4 Å². The molecule has 0 atom stereocenters. The van der Waals surface area contributed by atoms with Crippen molar-refractivity contribution in [1.29, 1.82) is 0 Å².